The molecule has 1 aromatic rings. The minimum absolute atomic E-state index is 0.0637. The summed E-state index contributed by atoms with van der Waals surface area (Å²) in [5.74, 6) is -0.833. The summed E-state index contributed by atoms with van der Waals surface area (Å²) in [5.41, 5.74) is 1.44. The van der Waals surface area contributed by atoms with Gasteiger partial charge in [0, 0.05) is 32.1 Å². The number of piperazine rings is 1. The molecule has 3 aliphatic rings. The highest BCUT2D eigenvalue weighted by Crippen LogP contribution is 2.34. The molecule has 41 heavy (non-hydrogen) atoms. The van der Waals surface area contributed by atoms with Crippen LogP contribution in [0.4, 0.5) is 4.79 Å². The first-order chi connectivity index (χ1) is 19.4. The Kier molecular flexibility index (Phi) is 10.3. The zero-order chi connectivity index (χ0) is 29.7. The Morgan fingerprint density at radius 3 is 2.46 bits per heavy atom. The highest BCUT2D eigenvalue weighted by Gasteiger charge is 2.37. The average molecular weight is 589 g/mol. The van der Waals surface area contributed by atoms with Crippen LogP contribution in [0.15, 0.2) is 46.9 Å². The van der Waals surface area contributed by atoms with Gasteiger partial charge in [-0.2, -0.15) is 0 Å². The summed E-state index contributed by atoms with van der Waals surface area (Å²) in [6, 6.07) is 6.83. The van der Waals surface area contributed by atoms with Crippen molar-refractivity contribution in [2.24, 2.45) is 11.8 Å². The van der Waals surface area contributed by atoms with Crippen LogP contribution in [0.3, 0.4) is 0 Å². The fourth-order valence-electron chi connectivity index (χ4n) is 5.33. The van der Waals surface area contributed by atoms with Crippen LogP contribution in [-0.2, 0) is 24.1 Å². The third kappa shape index (κ3) is 8.42. The first-order valence-electron chi connectivity index (χ1n) is 14.7. The SMILES string of the molecule is C/C(=C\c1cccc(S(=O)(=O)C2CC2)c1)[C@H]1OC(=O)C[C@H](O)CC[C@H](C)[C@H](OC(=O)N2CCN(C)CC2)/C=C/[C@@H]1C. The van der Waals surface area contributed by atoms with E-state index in [-0.39, 0.29) is 29.6 Å². The zero-order valence-electron chi connectivity index (χ0n) is 24.6. The highest BCUT2D eigenvalue weighted by molar-refractivity contribution is 7.92. The largest absolute Gasteiger partial charge is 0.457 e. The van der Waals surface area contributed by atoms with E-state index in [1.807, 2.05) is 52.1 Å². The minimum Gasteiger partial charge on any atom is -0.457 e. The van der Waals surface area contributed by atoms with Gasteiger partial charge in [-0.05, 0) is 74.9 Å². The first kappa shape index (κ1) is 31.3. The number of carbonyl (C=O) groups is 2. The summed E-state index contributed by atoms with van der Waals surface area (Å²) in [6.07, 6.45) is 5.47. The van der Waals surface area contributed by atoms with E-state index in [4.69, 9.17) is 9.47 Å². The molecule has 9 nitrogen and oxygen atoms in total. The minimum atomic E-state index is -3.33. The van der Waals surface area contributed by atoms with Gasteiger partial charge in [-0.1, -0.05) is 38.1 Å². The van der Waals surface area contributed by atoms with Crippen LogP contribution in [-0.4, -0.2) is 92.2 Å². The number of benzene rings is 1. The molecule has 1 aliphatic carbocycles. The molecule has 10 heteroatoms. The molecule has 2 aliphatic heterocycles. The number of likely N-dealkylation sites (N-methyl/N-ethyl adjacent to an activating group) is 1. The Balaban J connectivity index is 1.56. The first-order valence-corrected chi connectivity index (χ1v) is 16.2. The number of amides is 1. The van der Waals surface area contributed by atoms with E-state index < -0.39 is 34.1 Å². The molecule has 1 saturated carbocycles. The Bertz CT molecular complexity index is 1250. The van der Waals surface area contributed by atoms with Crippen molar-refractivity contribution in [3.8, 4) is 0 Å². The predicted molar refractivity (Wildman–Crippen MR) is 157 cm³/mol. The number of cyclic esters (lactones) is 1. The summed E-state index contributed by atoms with van der Waals surface area (Å²) in [7, 11) is -1.31. The third-order valence-electron chi connectivity index (χ3n) is 8.25. The molecule has 1 saturated heterocycles. The van der Waals surface area contributed by atoms with Gasteiger partial charge >= 0.3 is 12.1 Å². The number of hydrogen-bond acceptors (Lipinski definition) is 8. The Morgan fingerprint density at radius 1 is 1.07 bits per heavy atom. The van der Waals surface area contributed by atoms with Crippen molar-refractivity contribution in [2.75, 3.05) is 33.2 Å². The molecule has 1 aromatic carbocycles. The van der Waals surface area contributed by atoms with Gasteiger partial charge in [0.2, 0.25) is 0 Å². The molecule has 226 valence electrons. The summed E-state index contributed by atoms with van der Waals surface area (Å²) in [5, 5.41) is 10.3. The molecular formula is C31H44N2O7S. The maximum atomic E-state index is 13.0. The lowest BCUT2D eigenvalue weighted by Gasteiger charge is -2.33. The maximum Gasteiger partial charge on any atom is 0.410 e. The molecule has 2 heterocycles. The van der Waals surface area contributed by atoms with Crippen LogP contribution in [0.5, 0.6) is 0 Å². The molecule has 2 fully saturated rings. The lowest BCUT2D eigenvalue weighted by molar-refractivity contribution is -0.151. The summed E-state index contributed by atoms with van der Waals surface area (Å²) < 4.78 is 37.4. The van der Waals surface area contributed by atoms with Crippen LogP contribution in [0.1, 0.15) is 58.4 Å². The molecule has 1 N–H and O–H groups in total. The smallest absolute Gasteiger partial charge is 0.410 e. The van der Waals surface area contributed by atoms with Crippen molar-refractivity contribution in [2.45, 2.75) is 81.3 Å². The van der Waals surface area contributed by atoms with Gasteiger partial charge in [0.05, 0.1) is 22.7 Å². The second-order valence-corrected chi connectivity index (χ2v) is 14.1. The van der Waals surface area contributed by atoms with E-state index >= 15 is 0 Å². The van der Waals surface area contributed by atoms with Crippen LogP contribution < -0.4 is 0 Å². The molecule has 0 spiro atoms. The van der Waals surface area contributed by atoms with Gasteiger partial charge in [-0.15, -0.1) is 0 Å². The van der Waals surface area contributed by atoms with Gasteiger partial charge in [0.1, 0.15) is 12.2 Å². The number of carbonyl (C=O) groups excluding carboxylic acids is 2. The summed E-state index contributed by atoms with van der Waals surface area (Å²) >= 11 is 0. The third-order valence-corrected chi connectivity index (χ3v) is 10.5. The van der Waals surface area contributed by atoms with Crippen molar-refractivity contribution in [1.82, 2.24) is 9.80 Å². The monoisotopic (exact) mass is 588 g/mol. The summed E-state index contributed by atoms with van der Waals surface area (Å²) in [6.45, 7) is 8.57. The van der Waals surface area contributed by atoms with Crippen molar-refractivity contribution in [3.63, 3.8) is 0 Å². The number of rotatable bonds is 5. The van der Waals surface area contributed by atoms with Gasteiger partial charge in [-0.3, -0.25) is 4.79 Å². The van der Waals surface area contributed by atoms with E-state index in [1.54, 1.807) is 23.1 Å². The molecule has 1 amide bonds. The quantitative estimate of drug-likeness (QED) is 0.405. The highest BCUT2D eigenvalue weighted by atomic mass is 32.2. The second-order valence-electron chi connectivity index (χ2n) is 11.9. The Hall–Kier alpha value is -2.69. The number of esters is 1. The van der Waals surface area contributed by atoms with Crippen molar-refractivity contribution in [1.29, 1.82) is 0 Å². The Labute approximate surface area is 244 Å². The number of aliphatic hydroxyl groups is 1. The van der Waals surface area contributed by atoms with Gasteiger partial charge in [-0.25, -0.2) is 13.2 Å². The van der Waals surface area contributed by atoms with E-state index in [9.17, 15) is 23.1 Å². The topological polar surface area (TPSA) is 113 Å². The molecule has 0 radical (unpaired) electrons. The predicted octanol–water partition coefficient (Wildman–Crippen LogP) is 4.06. The van der Waals surface area contributed by atoms with E-state index in [2.05, 4.69) is 4.90 Å². The average Bonchev–Trinajstić information content (AvgIpc) is 3.79. The standard InChI is InChI=1S/C31H44N2O7S/c1-21-8-10-25(34)20-29(35)40-30(22(2)9-13-28(21)39-31(36)33-16-14-32(4)15-17-33)23(3)18-24-6-5-7-27(19-24)41(37,38)26-11-12-26/h5-7,9,13,18-19,21-22,25-26,28,30,34H,8,10-12,14-17,20H2,1-4H3/b13-9+,23-18+/t21-,22-,25+,28+,30-/m0/s1. The number of nitrogens with zero attached hydrogens (tertiary/aromatic N) is 2. The number of ether oxygens (including phenoxy) is 2. The van der Waals surface area contributed by atoms with Gasteiger partial charge in [0.25, 0.3) is 0 Å². The fraction of sp³-hybridized carbons (Fsp3) is 0.613. The molecular weight excluding hydrogens is 544 g/mol. The fourth-order valence-corrected chi connectivity index (χ4v) is 7.04. The second kappa shape index (κ2) is 13.5. The number of aliphatic hydroxyl groups excluding tert-OH is 1. The van der Waals surface area contributed by atoms with E-state index in [0.29, 0.717) is 49.2 Å². The van der Waals surface area contributed by atoms with E-state index in [0.717, 1.165) is 18.7 Å². The van der Waals surface area contributed by atoms with Crippen molar-refractivity contribution >= 4 is 28.0 Å². The lowest BCUT2D eigenvalue weighted by Crippen LogP contribution is -2.48. The van der Waals surface area contributed by atoms with Gasteiger partial charge in [0.15, 0.2) is 9.84 Å². The molecule has 0 bridgehead atoms. The van der Waals surface area contributed by atoms with Crippen molar-refractivity contribution < 1.29 is 32.6 Å². The van der Waals surface area contributed by atoms with Crippen molar-refractivity contribution in [3.05, 3.63) is 47.6 Å². The normalized spacial score (nSPS) is 30.1. The lowest BCUT2D eigenvalue weighted by atomic mass is 9.91. The zero-order valence-corrected chi connectivity index (χ0v) is 25.4. The van der Waals surface area contributed by atoms with Crippen LogP contribution >= 0.6 is 0 Å². The summed E-state index contributed by atoms with van der Waals surface area (Å²) in [4.78, 5) is 30.0. The Morgan fingerprint density at radius 2 is 1.78 bits per heavy atom. The van der Waals surface area contributed by atoms with Crippen LogP contribution in [0, 0.1) is 11.8 Å². The number of hydrogen-bond donors (Lipinski definition) is 1. The molecule has 4 rings (SSSR count). The molecule has 0 aromatic heterocycles. The number of sulfone groups is 1. The molecule has 5 atom stereocenters. The maximum absolute atomic E-state index is 13.0. The van der Waals surface area contributed by atoms with Crippen LogP contribution in [0.2, 0.25) is 0 Å². The van der Waals surface area contributed by atoms with Crippen LogP contribution in [0.25, 0.3) is 6.08 Å². The molecule has 0 unspecified atom stereocenters. The van der Waals surface area contributed by atoms with Gasteiger partial charge < -0.3 is 24.4 Å². The van der Waals surface area contributed by atoms with E-state index in [1.165, 1.54) is 0 Å².